The monoisotopic (exact) mass is 364 g/mol. The third kappa shape index (κ3) is 4.81. The zero-order chi connectivity index (χ0) is 18.4. The van der Waals surface area contributed by atoms with E-state index in [2.05, 4.69) is 53.3 Å². The smallest absolute Gasteiger partial charge is 0.237 e. The average molecular weight is 365 g/mol. The van der Waals surface area contributed by atoms with Crippen molar-refractivity contribution in [3.8, 4) is 0 Å². The zero-order valence-corrected chi connectivity index (χ0v) is 15.9. The van der Waals surface area contributed by atoms with Crippen LogP contribution in [-0.4, -0.2) is 11.9 Å². The Bertz CT molecular complexity index is 813. The summed E-state index contributed by atoms with van der Waals surface area (Å²) in [6.45, 7) is 4.53. The molecule has 0 aliphatic heterocycles. The summed E-state index contributed by atoms with van der Waals surface area (Å²) < 4.78 is 0. The standard InChI is InChI=1S/C22H24N2OS/c1-16-10-12-19(13-11-16)21(20-9-6-14-26-20)24-17(2)22(25)23-15-18-7-4-3-5-8-18/h3-14,17,21,24H,15H2,1-2H3,(H,23,25)/t17-,21-/m0/s1. The Morgan fingerprint density at radius 1 is 1.00 bits per heavy atom. The molecule has 0 unspecified atom stereocenters. The fourth-order valence-corrected chi connectivity index (χ4v) is 3.63. The van der Waals surface area contributed by atoms with Crippen molar-refractivity contribution in [2.45, 2.75) is 32.5 Å². The molecule has 2 atom stereocenters. The number of carbonyl (C=O) groups excluding carboxylic acids is 1. The molecule has 0 aliphatic carbocycles. The average Bonchev–Trinajstić information content (AvgIpc) is 3.20. The first-order valence-corrected chi connectivity index (χ1v) is 9.69. The number of hydrogen-bond acceptors (Lipinski definition) is 3. The molecule has 0 fully saturated rings. The van der Waals surface area contributed by atoms with Crippen LogP contribution in [0.3, 0.4) is 0 Å². The molecule has 4 heteroatoms. The second kappa shape index (κ2) is 8.79. The van der Waals surface area contributed by atoms with E-state index >= 15 is 0 Å². The Kier molecular flexibility index (Phi) is 6.21. The molecule has 1 amide bonds. The predicted octanol–water partition coefficient (Wildman–Crippen LogP) is 4.44. The summed E-state index contributed by atoms with van der Waals surface area (Å²) in [4.78, 5) is 13.7. The summed E-state index contributed by atoms with van der Waals surface area (Å²) in [5, 5.41) is 8.57. The number of rotatable bonds is 7. The van der Waals surface area contributed by atoms with Gasteiger partial charge in [0.2, 0.25) is 5.91 Å². The highest BCUT2D eigenvalue weighted by Gasteiger charge is 2.21. The molecular weight excluding hydrogens is 340 g/mol. The Labute approximate surface area is 159 Å². The molecule has 1 heterocycles. The Balaban J connectivity index is 1.68. The molecule has 3 nitrogen and oxygen atoms in total. The Morgan fingerprint density at radius 2 is 1.73 bits per heavy atom. The maximum Gasteiger partial charge on any atom is 0.237 e. The molecule has 0 saturated carbocycles. The van der Waals surface area contributed by atoms with Gasteiger partial charge in [-0.25, -0.2) is 0 Å². The molecule has 26 heavy (non-hydrogen) atoms. The summed E-state index contributed by atoms with van der Waals surface area (Å²) in [6.07, 6.45) is 0. The summed E-state index contributed by atoms with van der Waals surface area (Å²) in [6, 6.07) is 22.3. The topological polar surface area (TPSA) is 41.1 Å². The van der Waals surface area contributed by atoms with Gasteiger partial charge < -0.3 is 5.32 Å². The van der Waals surface area contributed by atoms with E-state index in [1.54, 1.807) is 11.3 Å². The lowest BCUT2D eigenvalue weighted by Gasteiger charge is -2.23. The van der Waals surface area contributed by atoms with Gasteiger partial charge in [0, 0.05) is 11.4 Å². The SMILES string of the molecule is Cc1ccc([C@H](N[C@@H](C)C(=O)NCc2ccccc2)c2cccs2)cc1. The van der Waals surface area contributed by atoms with Gasteiger partial charge in [0.05, 0.1) is 12.1 Å². The minimum absolute atomic E-state index is 0.00233. The molecule has 0 aliphatic rings. The van der Waals surface area contributed by atoms with E-state index in [0.717, 1.165) is 5.56 Å². The van der Waals surface area contributed by atoms with Gasteiger partial charge >= 0.3 is 0 Å². The molecule has 0 spiro atoms. The van der Waals surface area contributed by atoms with Gasteiger partial charge in [0.1, 0.15) is 0 Å². The number of nitrogens with one attached hydrogen (secondary N) is 2. The number of carbonyl (C=O) groups is 1. The van der Waals surface area contributed by atoms with Gasteiger partial charge in [-0.15, -0.1) is 11.3 Å². The normalized spacial score (nSPS) is 13.2. The predicted molar refractivity (Wildman–Crippen MR) is 108 cm³/mol. The molecule has 134 valence electrons. The fourth-order valence-electron chi connectivity index (χ4n) is 2.82. The van der Waals surface area contributed by atoms with Gasteiger partial charge in [-0.3, -0.25) is 10.1 Å². The van der Waals surface area contributed by atoms with Gasteiger partial charge in [0.15, 0.2) is 0 Å². The van der Waals surface area contributed by atoms with Crippen molar-refractivity contribution in [1.29, 1.82) is 0 Å². The number of hydrogen-bond donors (Lipinski definition) is 2. The summed E-state index contributed by atoms with van der Waals surface area (Å²) in [7, 11) is 0. The van der Waals surface area contributed by atoms with Crippen molar-refractivity contribution in [3.05, 3.63) is 93.7 Å². The molecule has 2 aromatic carbocycles. The highest BCUT2D eigenvalue weighted by Crippen LogP contribution is 2.26. The third-order valence-corrected chi connectivity index (χ3v) is 5.30. The minimum Gasteiger partial charge on any atom is -0.351 e. The van der Waals surface area contributed by atoms with Crippen LogP contribution < -0.4 is 10.6 Å². The maximum absolute atomic E-state index is 12.5. The van der Waals surface area contributed by atoms with Gasteiger partial charge in [-0.05, 0) is 36.4 Å². The number of aryl methyl sites for hydroxylation is 1. The minimum atomic E-state index is -0.299. The summed E-state index contributed by atoms with van der Waals surface area (Å²) >= 11 is 1.70. The van der Waals surface area contributed by atoms with E-state index in [1.165, 1.54) is 16.0 Å². The first-order valence-electron chi connectivity index (χ1n) is 8.81. The van der Waals surface area contributed by atoms with Crippen LogP contribution in [0.4, 0.5) is 0 Å². The first-order chi connectivity index (χ1) is 12.6. The molecule has 3 aromatic rings. The number of thiophene rings is 1. The van der Waals surface area contributed by atoms with E-state index in [0.29, 0.717) is 6.54 Å². The highest BCUT2D eigenvalue weighted by atomic mass is 32.1. The number of amides is 1. The van der Waals surface area contributed by atoms with E-state index in [9.17, 15) is 4.79 Å². The van der Waals surface area contributed by atoms with Crippen LogP contribution in [0.5, 0.6) is 0 Å². The summed E-state index contributed by atoms with van der Waals surface area (Å²) in [5.41, 5.74) is 3.49. The Hall–Kier alpha value is -2.43. The third-order valence-electron chi connectivity index (χ3n) is 4.36. The van der Waals surface area contributed by atoms with Crippen molar-refractivity contribution in [2.75, 3.05) is 0 Å². The van der Waals surface area contributed by atoms with Crippen molar-refractivity contribution < 1.29 is 4.79 Å². The van der Waals surface area contributed by atoms with Crippen LogP contribution in [0.1, 0.15) is 34.5 Å². The van der Waals surface area contributed by atoms with E-state index in [1.807, 2.05) is 43.3 Å². The van der Waals surface area contributed by atoms with Gasteiger partial charge in [-0.2, -0.15) is 0 Å². The summed E-state index contributed by atoms with van der Waals surface area (Å²) in [5.74, 6) is 0.00233. The second-order valence-electron chi connectivity index (χ2n) is 6.45. The second-order valence-corrected chi connectivity index (χ2v) is 7.43. The van der Waals surface area contributed by atoms with Crippen LogP contribution in [0.25, 0.3) is 0 Å². The van der Waals surface area contributed by atoms with E-state index < -0.39 is 0 Å². The van der Waals surface area contributed by atoms with Crippen LogP contribution in [-0.2, 0) is 11.3 Å². The highest BCUT2D eigenvalue weighted by molar-refractivity contribution is 7.10. The molecule has 0 radical (unpaired) electrons. The van der Waals surface area contributed by atoms with Gasteiger partial charge in [0.25, 0.3) is 0 Å². The van der Waals surface area contributed by atoms with E-state index in [4.69, 9.17) is 0 Å². The lowest BCUT2D eigenvalue weighted by Crippen LogP contribution is -2.43. The Morgan fingerprint density at radius 3 is 2.38 bits per heavy atom. The quantitative estimate of drug-likeness (QED) is 0.651. The molecule has 0 bridgehead atoms. The maximum atomic E-state index is 12.5. The van der Waals surface area contributed by atoms with Crippen LogP contribution >= 0.6 is 11.3 Å². The van der Waals surface area contributed by atoms with Crippen molar-refractivity contribution in [3.63, 3.8) is 0 Å². The molecule has 1 aromatic heterocycles. The fraction of sp³-hybridized carbons (Fsp3) is 0.227. The lowest BCUT2D eigenvalue weighted by molar-refractivity contribution is -0.123. The first kappa shape index (κ1) is 18.4. The number of benzene rings is 2. The van der Waals surface area contributed by atoms with E-state index in [-0.39, 0.29) is 18.0 Å². The van der Waals surface area contributed by atoms with Crippen molar-refractivity contribution in [2.24, 2.45) is 0 Å². The van der Waals surface area contributed by atoms with Crippen LogP contribution in [0.15, 0.2) is 72.1 Å². The van der Waals surface area contributed by atoms with Crippen molar-refractivity contribution in [1.82, 2.24) is 10.6 Å². The van der Waals surface area contributed by atoms with Crippen LogP contribution in [0.2, 0.25) is 0 Å². The molecular formula is C22H24N2OS. The molecule has 3 rings (SSSR count). The zero-order valence-electron chi connectivity index (χ0n) is 15.1. The lowest BCUT2D eigenvalue weighted by atomic mass is 10.0. The molecule has 0 saturated heterocycles. The molecule has 2 N–H and O–H groups in total. The van der Waals surface area contributed by atoms with Gasteiger partial charge in [-0.1, -0.05) is 66.2 Å². The van der Waals surface area contributed by atoms with Crippen molar-refractivity contribution >= 4 is 17.2 Å². The van der Waals surface area contributed by atoms with Crippen LogP contribution in [0, 0.1) is 6.92 Å². The largest absolute Gasteiger partial charge is 0.351 e.